The first-order valence-corrected chi connectivity index (χ1v) is 8.45. The normalized spacial score (nSPS) is 26.6. The summed E-state index contributed by atoms with van der Waals surface area (Å²) in [6, 6.07) is 3.16. The number of nitrogens with two attached hydrogens (primary N) is 1. The summed E-state index contributed by atoms with van der Waals surface area (Å²) in [6.07, 6.45) is 3.56. The fourth-order valence-electron chi connectivity index (χ4n) is 2.68. The van der Waals surface area contributed by atoms with Crippen molar-refractivity contribution in [3.63, 3.8) is 0 Å². The molecule has 102 valence electrons. The summed E-state index contributed by atoms with van der Waals surface area (Å²) in [5, 5.41) is 0. The molecule has 0 amide bonds. The standard InChI is InChI=1S/C13H20BrClN2S/c1-8(2)17-6-4-3-5-10(16)12(17)11-7-9(14)13(15)18-11/h7-8,10,12H,3-6,16H2,1-2H3. The topological polar surface area (TPSA) is 29.3 Å². The van der Waals surface area contributed by atoms with E-state index >= 15 is 0 Å². The van der Waals surface area contributed by atoms with Gasteiger partial charge in [0.2, 0.25) is 0 Å². The summed E-state index contributed by atoms with van der Waals surface area (Å²) in [6.45, 7) is 5.62. The minimum Gasteiger partial charge on any atom is -0.326 e. The summed E-state index contributed by atoms with van der Waals surface area (Å²) < 4.78 is 1.81. The second kappa shape index (κ2) is 6.23. The van der Waals surface area contributed by atoms with Crippen LogP contribution >= 0.6 is 38.9 Å². The number of hydrogen-bond donors (Lipinski definition) is 1. The van der Waals surface area contributed by atoms with Crippen LogP contribution in [0.3, 0.4) is 0 Å². The van der Waals surface area contributed by atoms with Gasteiger partial charge in [-0.05, 0) is 55.2 Å². The number of halogens is 2. The Morgan fingerprint density at radius 3 is 2.78 bits per heavy atom. The van der Waals surface area contributed by atoms with Crippen LogP contribution in [0.4, 0.5) is 0 Å². The van der Waals surface area contributed by atoms with Crippen LogP contribution in [0.25, 0.3) is 0 Å². The van der Waals surface area contributed by atoms with Crippen LogP contribution in [-0.4, -0.2) is 23.5 Å². The zero-order valence-electron chi connectivity index (χ0n) is 10.8. The second-order valence-electron chi connectivity index (χ2n) is 5.21. The highest BCUT2D eigenvalue weighted by atomic mass is 79.9. The van der Waals surface area contributed by atoms with E-state index in [1.54, 1.807) is 11.3 Å². The van der Waals surface area contributed by atoms with Gasteiger partial charge in [-0.25, -0.2) is 0 Å². The van der Waals surface area contributed by atoms with Gasteiger partial charge in [-0.1, -0.05) is 18.0 Å². The molecule has 1 fully saturated rings. The molecule has 2 nitrogen and oxygen atoms in total. The lowest BCUT2D eigenvalue weighted by Crippen LogP contribution is -2.42. The monoisotopic (exact) mass is 350 g/mol. The molecule has 0 saturated carbocycles. The Labute approximate surface area is 127 Å². The van der Waals surface area contributed by atoms with Crippen molar-refractivity contribution >= 4 is 38.9 Å². The van der Waals surface area contributed by atoms with Gasteiger partial charge in [-0.2, -0.15) is 0 Å². The molecule has 1 aliphatic heterocycles. The third-order valence-corrected chi connectivity index (χ3v) is 6.13. The average molecular weight is 352 g/mol. The highest BCUT2D eigenvalue weighted by molar-refractivity contribution is 9.10. The molecule has 1 aromatic heterocycles. The summed E-state index contributed by atoms with van der Waals surface area (Å²) >= 11 is 11.3. The molecule has 5 heteroatoms. The predicted molar refractivity (Wildman–Crippen MR) is 83.4 cm³/mol. The molecule has 1 aromatic rings. The SMILES string of the molecule is CC(C)N1CCCCC(N)C1c1cc(Br)c(Cl)s1. The molecule has 0 aromatic carbocycles. The molecule has 1 aliphatic rings. The fraction of sp³-hybridized carbons (Fsp3) is 0.692. The average Bonchev–Trinajstić information content (AvgIpc) is 2.51. The molecular formula is C13H20BrClN2S. The second-order valence-corrected chi connectivity index (χ2v) is 7.75. The summed E-state index contributed by atoms with van der Waals surface area (Å²) in [5.41, 5.74) is 6.41. The number of hydrogen-bond acceptors (Lipinski definition) is 3. The number of nitrogens with zero attached hydrogens (tertiary/aromatic N) is 1. The Bertz CT molecular complexity index is 388. The Balaban J connectivity index is 2.34. The van der Waals surface area contributed by atoms with Crippen molar-refractivity contribution in [3.05, 3.63) is 19.8 Å². The van der Waals surface area contributed by atoms with Crippen LogP contribution in [0, 0.1) is 0 Å². The largest absolute Gasteiger partial charge is 0.326 e. The summed E-state index contributed by atoms with van der Waals surface area (Å²) in [7, 11) is 0. The minimum absolute atomic E-state index is 0.205. The fourth-order valence-corrected chi connectivity index (χ4v) is 4.61. The third kappa shape index (κ3) is 3.10. The van der Waals surface area contributed by atoms with Gasteiger partial charge in [-0.15, -0.1) is 11.3 Å². The van der Waals surface area contributed by atoms with Crippen molar-refractivity contribution in [2.75, 3.05) is 6.54 Å². The van der Waals surface area contributed by atoms with Gasteiger partial charge in [0, 0.05) is 21.4 Å². The van der Waals surface area contributed by atoms with E-state index in [4.69, 9.17) is 17.3 Å². The van der Waals surface area contributed by atoms with Gasteiger partial charge in [0.1, 0.15) is 4.34 Å². The molecule has 2 rings (SSSR count). The quantitative estimate of drug-likeness (QED) is 0.854. The van der Waals surface area contributed by atoms with E-state index in [-0.39, 0.29) is 6.04 Å². The number of thiophene rings is 1. The minimum atomic E-state index is 0.205. The van der Waals surface area contributed by atoms with Crippen LogP contribution in [0.2, 0.25) is 4.34 Å². The lowest BCUT2D eigenvalue weighted by Gasteiger charge is -2.35. The predicted octanol–water partition coefficient (Wildman–Crippen LogP) is 4.43. The summed E-state index contributed by atoms with van der Waals surface area (Å²) in [5.74, 6) is 0. The smallest absolute Gasteiger partial charge is 0.107 e. The van der Waals surface area contributed by atoms with Crippen LogP contribution in [-0.2, 0) is 0 Å². The van der Waals surface area contributed by atoms with E-state index in [0.717, 1.165) is 21.8 Å². The molecule has 0 radical (unpaired) electrons. The van der Waals surface area contributed by atoms with Gasteiger partial charge >= 0.3 is 0 Å². The van der Waals surface area contributed by atoms with Crippen molar-refractivity contribution in [1.29, 1.82) is 0 Å². The van der Waals surface area contributed by atoms with Gasteiger partial charge in [0.05, 0.1) is 6.04 Å². The van der Waals surface area contributed by atoms with E-state index in [2.05, 4.69) is 40.7 Å². The van der Waals surface area contributed by atoms with Crippen LogP contribution in [0.1, 0.15) is 44.0 Å². The lowest BCUT2D eigenvalue weighted by molar-refractivity contribution is 0.146. The van der Waals surface area contributed by atoms with Crippen molar-refractivity contribution in [2.45, 2.75) is 51.2 Å². The van der Waals surface area contributed by atoms with Crippen LogP contribution < -0.4 is 5.73 Å². The third-order valence-electron chi connectivity index (χ3n) is 3.59. The molecular weight excluding hydrogens is 332 g/mol. The maximum Gasteiger partial charge on any atom is 0.107 e. The van der Waals surface area contributed by atoms with E-state index in [9.17, 15) is 0 Å². The summed E-state index contributed by atoms with van der Waals surface area (Å²) in [4.78, 5) is 3.81. The van der Waals surface area contributed by atoms with E-state index in [1.807, 2.05) is 0 Å². The lowest BCUT2D eigenvalue weighted by atomic mass is 10.0. The van der Waals surface area contributed by atoms with Gasteiger partial charge in [0.15, 0.2) is 0 Å². The molecule has 1 saturated heterocycles. The van der Waals surface area contributed by atoms with Crippen molar-refractivity contribution < 1.29 is 0 Å². The molecule has 0 aliphatic carbocycles. The van der Waals surface area contributed by atoms with Crippen LogP contribution in [0.5, 0.6) is 0 Å². The van der Waals surface area contributed by atoms with Crippen LogP contribution in [0.15, 0.2) is 10.5 Å². The van der Waals surface area contributed by atoms with Gasteiger partial charge in [0.25, 0.3) is 0 Å². The molecule has 2 heterocycles. The Morgan fingerprint density at radius 2 is 2.22 bits per heavy atom. The zero-order chi connectivity index (χ0) is 13.3. The van der Waals surface area contributed by atoms with Crippen molar-refractivity contribution in [3.8, 4) is 0 Å². The number of rotatable bonds is 2. The first-order valence-electron chi connectivity index (χ1n) is 6.46. The Kier molecular flexibility index (Phi) is 5.12. The van der Waals surface area contributed by atoms with E-state index < -0.39 is 0 Å². The molecule has 2 N–H and O–H groups in total. The first kappa shape index (κ1) is 14.8. The Morgan fingerprint density at radius 1 is 1.50 bits per heavy atom. The van der Waals surface area contributed by atoms with Gasteiger partial charge < -0.3 is 5.73 Å². The highest BCUT2D eigenvalue weighted by Crippen LogP contribution is 2.40. The van der Waals surface area contributed by atoms with Crippen molar-refractivity contribution in [2.24, 2.45) is 5.73 Å². The maximum atomic E-state index is 6.41. The number of likely N-dealkylation sites (tertiary alicyclic amines) is 1. The molecule has 0 bridgehead atoms. The first-order chi connectivity index (χ1) is 8.50. The molecule has 0 spiro atoms. The van der Waals surface area contributed by atoms with E-state index in [1.165, 1.54) is 17.7 Å². The maximum absolute atomic E-state index is 6.41. The Hall–Kier alpha value is 0.390. The van der Waals surface area contributed by atoms with Crippen molar-refractivity contribution in [1.82, 2.24) is 4.90 Å². The molecule has 2 unspecified atom stereocenters. The zero-order valence-corrected chi connectivity index (χ0v) is 14.0. The molecule has 2 atom stereocenters. The van der Waals surface area contributed by atoms with E-state index in [0.29, 0.717) is 12.1 Å². The molecule has 18 heavy (non-hydrogen) atoms. The highest BCUT2D eigenvalue weighted by Gasteiger charge is 2.31. The van der Waals surface area contributed by atoms with Gasteiger partial charge in [-0.3, -0.25) is 4.90 Å².